The molecular formula is C22H26FN3O. The SMILES string of the molecule is O=C(Nc1ccccc1F)NC1C[C@H]2CCC[C@H](C1)N2Cc1ccccc1. The van der Waals surface area contributed by atoms with Crippen LogP contribution in [0.25, 0.3) is 0 Å². The molecule has 4 nitrogen and oxygen atoms in total. The molecule has 2 amide bonds. The summed E-state index contributed by atoms with van der Waals surface area (Å²) in [4.78, 5) is 14.9. The molecule has 2 N–H and O–H groups in total. The number of fused-ring (bicyclic) bond motifs is 2. The van der Waals surface area contributed by atoms with E-state index in [1.54, 1.807) is 18.2 Å². The van der Waals surface area contributed by atoms with Crippen molar-refractivity contribution in [3.63, 3.8) is 0 Å². The minimum Gasteiger partial charge on any atom is -0.335 e. The van der Waals surface area contributed by atoms with E-state index in [0.717, 1.165) is 19.4 Å². The van der Waals surface area contributed by atoms with Gasteiger partial charge in [-0.3, -0.25) is 4.90 Å². The zero-order chi connectivity index (χ0) is 18.6. The maximum Gasteiger partial charge on any atom is 0.319 e. The lowest BCUT2D eigenvalue weighted by Crippen LogP contribution is -2.56. The van der Waals surface area contributed by atoms with E-state index in [0.29, 0.717) is 12.1 Å². The Hall–Kier alpha value is -2.40. The van der Waals surface area contributed by atoms with Gasteiger partial charge in [0.05, 0.1) is 5.69 Å². The van der Waals surface area contributed by atoms with Crippen molar-refractivity contribution in [2.24, 2.45) is 0 Å². The second-order valence-corrected chi connectivity index (χ2v) is 7.64. The Bertz CT molecular complexity index is 768. The molecule has 2 saturated heterocycles. The van der Waals surface area contributed by atoms with E-state index in [9.17, 15) is 9.18 Å². The number of halogens is 1. The van der Waals surface area contributed by atoms with Crippen LogP contribution in [0, 0.1) is 5.82 Å². The zero-order valence-corrected chi connectivity index (χ0v) is 15.4. The van der Waals surface area contributed by atoms with Crippen molar-refractivity contribution in [1.29, 1.82) is 0 Å². The van der Waals surface area contributed by atoms with Crippen LogP contribution in [0.2, 0.25) is 0 Å². The molecule has 0 saturated carbocycles. The summed E-state index contributed by atoms with van der Waals surface area (Å²) in [5, 5.41) is 5.70. The van der Waals surface area contributed by atoms with Gasteiger partial charge in [-0.1, -0.05) is 48.9 Å². The predicted molar refractivity (Wildman–Crippen MR) is 105 cm³/mol. The summed E-state index contributed by atoms with van der Waals surface area (Å²) in [6.45, 7) is 0.977. The minimum absolute atomic E-state index is 0.138. The molecular weight excluding hydrogens is 341 g/mol. The van der Waals surface area contributed by atoms with E-state index in [4.69, 9.17) is 0 Å². The number of hydrogen-bond acceptors (Lipinski definition) is 2. The van der Waals surface area contributed by atoms with Gasteiger partial charge in [-0.05, 0) is 43.4 Å². The summed E-state index contributed by atoms with van der Waals surface area (Å²) < 4.78 is 13.7. The Morgan fingerprint density at radius 1 is 1.00 bits per heavy atom. The summed E-state index contributed by atoms with van der Waals surface area (Å²) in [5.74, 6) is -0.415. The van der Waals surface area contributed by atoms with Gasteiger partial charge >= 0.3 is 6.03 Å². The molecule has 142 valence electrons. The fraction of sp³-hybridized carbons (Fsp3) is 0.409. The zero-order valence-electron chi connectivity index (χ0n) is 15.4. The number of urea groups is 1. The highest BCUT2D eigenvalue weighted by molar-refractivity contribution is 5.89. The number of amides is 2. The number of anilines is 1. The third kappa shape index (κ3) is 4.30. The van der Waals surface area contributed by atoms with E-state index < -0.39 is 5.82 Å². The van der Waals surface area contributed by atoms with Crippen molar-refractivity contribution >= 4 is 11.7 Å². The molecule has 0 aliphatic carbocycles. The molecule has 5 heteroatoms. The van der Waals surface area contributed by atoms with Crippen molar-refractivity contribution in [3.05, 3.63) is 66.0 Å². The predicted octanol–water partition coefficient (Wildman–Crippen LogP) is 4.53. The van der Waals surface area contributed by atoms with Gasteiger partial charge < -0.3 is 10.6 Å². The number of nitrogens with zero attached hydrogens (tertiary/aromatic N) is 1. The average molecular weight is 367 g/mol. The Labute approximate surface area is 159 Å². The van der Waals surface area contributed by atoms with Gasteiger partial charge in [0.2, 0.25) is 0 Å². The van der Waals surface area contributed by atoms with Gasteiger partial charge in [0.1, 0.15) is 5.82 Å². The molecule has 2 fully saturated rings. The average Bonchev–Trinajstić information content (AvgIpc) is 2.65. The Kier molecular flexibility index (Phi) is 5.39. The number of hydrogen-bond donors (Lipinski definition) is 2. The van der Waals surface area contributed by atoms with Gasteiger partial charge in [0, 0.05) is 24.7 Å². The molecule has 2 aromatic rings. The number of rotatable bonds is 4. The van der Waals surface area contributed by atoms with Crippen LogP contribution in [-0.4, -0.2) is 29.1 Å². The van der Waals surface area contributed by atoms with Crippen LogP contribution >= 0.6 is 0 Å². The lowest BCUT2D eigenvalue weighted by Gasteiger charge is -2.49. The topological polar surface area (TPSA) is 44.4 Å². The smallest absolute Gasteiger partial charge is 0.319 e. The standard InChI is InChI=1S/C22H26FN3O/c23-20-11-4-5-12-21(20)25-22(27)24-17-13-18-9-6-10-19(14-17)26(18)15-16-7-2-1-3-8-16/h1-5,7-8,11-12,17-19H,6,9-10,13-15H2,(H2,24,25,27)/t18-,19-/m1/s1. The van der Waals surface area contributed by atoms with Crippen molar-refractivity contribution < 1.29 is 9.18 Å². The first-order chi connectivity index (χ1) is 13.2. The summed E-state index contributed by atoms with van der Waals surface area (Å²) in [6, 6.07) is 17.7. The van der Waals surface area contributed by atoms with E-state index in [1.165, 1.54) is 30.9 Å². The van der Waals surface area contributed by atoms with Gasteiger partial charge in [-0.2, -0.15) is 0 Å². The van der Waals surface area contributed by atoms with Crippen LogP contribution in [0.1, 0.15) is 37.7 Å². The quantitative estimate of drug-likeness (QED) is 0.834. The van der Waals surface area contributed by atoms with Gasteiger partial charge in [-0.25, -0.2) is 9.18 Å². The van der Waals surface area contributed by atoms with Crippen LogP contribution in [0.3, 0.4) is 0 Å². The largest absolute Gasteiger partial charge is 0.335 e. The number of para-hydroxylation sites is 1. The van der Waals surface area contributed by atoms with Crippen molar-refractivity contribution in [2.75, 3.05) is 5.32 Å². The minimum atomic E-state index is -0.415. The number of benzene rings is 2. The normalized spacial score (nSPS) is 25.0. The van der Waals surface area contributed by atoms with Gasteiger partial charge in [-0.15, -0.1) is 0 Å². The van der Waals surface area contributed by atoms with Crippen LogP contribution < -0.4 is 10.6 Å². The molecule has 2 bridgehead atoms. The molecule has 0 unspecified atom stereocenters. The third-order valence-corrected chi connectivity index (χ3v) is 5.79. The maximum absolute atomic E-state index is 13.7. The van der Waals surface area contributed by atoms with Crippen LogP contribution in [-0.2, 0) is 6.54 Å². The fourth-order valence-electron chi connectivity index (χ4n) is 4.56. The number of piperidine rings is 2. The van der Waals surface area contributed by atoms with Gasteiger partial charge in [0.25, 0.3) is 0 Å². The van der Waals surface area contributed by atoms with Crippen LogP contribution in [0.5, 0.6) is 0 Å². The van der Waals surface area contributed by atoms with Crippen LogP contribution in [0.15, 0.2) is 54.6 Å². The first-order valence-corrected chi connectivity index (χ1v) is 9.81. The molecule has 0 spiro atoms. The molecule has 2 aromatic carbocycles. The molecule has 2 aliphatic heterocycles. The molecule has 0 aromatic heterocycles. The van der Waals surface area contributed by atoms with Gasteiger partial charge in [0.15, 0.2) is 0 Å². The Balaban J connectivity index is 1.37. The van der Waals surface area contributed by atoms with E-state index in [1.807, 2.05) is 0 Å². The second-order valence-electron chi connectivity index (χ2n) is 7.64. The first kappa shape index (κ1) is 18.0. The summed E-state index contributed by atoms with van der Waals surface area (Å²) in [5.41, 5.74) is 1.56. The van der Waals surface area contributed by atoms with Crippen molar-refractivity contribution in [1.82, 2.24) is 10.2 Å². The number of nitrogens with one attached hydrogen (secondary N) is 2. The molecule has 27 heavy (non-hydrogen) atoms. The monoisotopic (exact) mass is 367 g/mol. The maximum atomic E-state index is 13.7. The third-order valence-electron chi connectivity index (χ3n) is 5.79. The second kappa shape index (κ2) is 8.09. The summed E-state index contributed by atoms with van der Waals surface area (Å²) >= 11 is 0. The Morgan fingerprint density at radius 2 is 1.67 bits per heavy atom. The van der Waals surface area contributed by atoms with Crippen molar-refractivity contribution in [3.8, 4) is 0 Å². The van der Waals surface area contributed by atoms with Crippen LogP contribution in [0.4, 0.5) is 14.9 Å². The molecule has 2 atom stereocenters. The van der Waals surface area contributed by atoms with E-state index in [2.05, 4.69) is 45.9 Å². The lowest BCUT2D eigenvalue weighted by molar-refractivity contribution is 0.0200. The highest BCUT2D eigenvalue weighted by atomic mass is 19.1. The molecule has 2 aliphatic rings. The summed E-state index contributed by atoms with van der Waals surface area (Å²) in [6.07, 6.45) is 5.52. The molecule has 2 heterocycles. The highest BCUT2D eigenvalue weighted by Gasteiger charge is 2.38. The number of carbonyl (C=O) groups is 1. The molecule has 4 rings (SSSR count). The summed E-state index contributed by atoms with van der Waals surface area (Å²) in [7, 11) is 0. The Morgan fingerprint density at radius 3 is 2.37 bits per heavy atom. The molecule has 0 radical (unpaired) electrons. The van der Waals surface area contributed by atoms with Crippen molar-refractivity contribution in [2.45, 2.75) is 56.8 Å². The fourth-order valence-corrected chi connectivity index (χ4v) is 4.56. The lowest BCUT2D eigenvalue weighted by atomic mass is 9.81. The number of carbonyl (C=O) groups excluding carboxylic acids is 1. The first-order valence-electron chi connectivity index (χ1n) is 9.81. The van der Waals surface area contributed by atoms with E-state index >= 15 is 0 Å². The van der Waals surface area contributed by atoms with E-state index in [-0.39, 0.29) is 17.8 Å². The highest BCUT2D eigenvalue weighted by Crippen LogP contribution is 2.35.